The molecule has 0 saturated heterocycles. The summed E-state index contributed by atoms with van der Waals surface area (Å²) in [6, 6.07) is 10.4. The van der Waals surface area contributed by atoms with Crippen LogP contribution in [-0.4, -0.2) is 10.2 Å². The average molecular weight is 168 g/mol. The van der Waals surface area contributed by atoms with E-state index in [9.17, 15) is 0 Å². The Hall–Kier alpha value is -1.70. The lowest BCUT2D eigenvalue weighted by Gasteiger charge is -1.95. The molecule has 0 spiro atoms. The number of hydrogen-bond donors (Lipinski definition) is 0. The lowest BCUT2D eigenvalue weighted by Crippen LogP contribution is -1.85. The van der Waals surface area contributed by atoms with Crippen molar-refractivity contribution < 1.29 is 0 Å². The lowest BCUT2D eigenvalue weighted by molar-refractivity contribution is 1.02. The first-order valence-electron chi connectivity index (χ1n) is 4.34. The van der Waals surface area contributed by atoms with Gasteiger partial charge in [0.2, 0.25) is 0 Å². The van der Waals surface area contributed by atoms with Gasteiger partial charge in [0.1, 0.15) is 0 Å². The van der Waals surface area contributed by atoms with Crippen molar-refractivity contribution in [1.29, 1.82) is 0 Å². The zero-order chi connectivity index (χ0) is 8.67. The van der Waals surface area contributed by atoms with E-state index in [-0.39, 0.29) is 0 Å². The van der Waals surface area contributed by atoms with Gasteiger partial charge in [0.15, 0.2) is 0 Å². The van der Waals surface area contributed by atoms with Gasteiger partial charge in [0.05, 0.1) is 5.69 Å². The Morgan fingerprint density at radius 3 is 2.92 bits per heavy atom. The van der Waals surface area contributed by atoms with Gasteiger partial charge in [0.25, 0.3) is 0 Å². The van der Waals surface area contributed by atoms with Crippen LogP contribution in [0.5, 0.6) is 0 Å². The summed E-state index contributed by atoms with van der Waals surface area (Å²) in [7, 11) is 0. The normalized spacial score (nSPS) is 12.3. The van der Waals surface area contributed by atoms with Crippen molar-refractivity contribution in [3.8, 4) is 11.3 Å². The number of hydrogen-bond acceptors (Lipinski definition) is 2. The van der Waals surface area contributed by atoms with Gasteiger partial charge in [0, 0.05) is 18.2 Å². The molecular weight excluding hydrogens is 160 g/mol. The fourth-order valence-electron chi connectivity index (χ4n) is 1.84. The Labute approximate surface area is 76.3 Å². The van der Waals surface area contributed by atoms with Crippen LogP contribution in [0.15, 0.2) is 36.5 Å². The molecule has 3 rings (SSSR count). The molecule has 0 aliphatic heterocycles. The van der Waals surface area contributed by atoms with Crippen molar-refractivity contribution in [2.24, 2.45) is 0 Å². The molecule has 0 N–H and O–H groups in total. The molecule has 1 aromatic heterocycles. The topological polar surface area (TPSA) is 25.8 Å². The second kappa shape index (κ2) is 2.39. The van der Waals surface area contributed by atoms with Crippen molar-refractivity contribution in [3.63, 3.8) is 0 Å². The first-order chi connectivity index (χ1) is 6.45. The van der Waals surface area contributed by atoms with Crippen LogP contribution in [0.4, 0.5) is 0 Å². The first kappa shape index (κ1) is 6.78. The largest absolute Gasteiger partial charge is 0.159 e. The van der Waals surface area contributed by atoms with Crippen LogP contribution in [0.1, 0.15) is 11.1 Å². The number of aromatic nitrogens is 2. The molecule has 0 fully saturated rings. The summed E-state index contributed by atoms with van der Waals surface area (Å²) < 4.78 is 0. The molecule has 2 nitrogen and oxygen atoms in total. The Morgan fingerprint density at radius 2 is 1.92 bits per heavy atom. The van der Waals surface area contributed by atoms with Crippen LogP contribution in [0.3, 0.4) is 0 Å². The van der Waals surface area contributed by atoms with E-state index in [0.29, 0.717) is 0 Å². The predicted octanol–water partition coefficient (Wildman–Crippen LogP) is 2.05. The number of fused-ring (bicyclic) bond motifs is 3. The first-order valence-corrected chi connectivity index (χ1v) is 4.34. The summed E-state index contributed by atoms with van der Waals surface area (Å²) in [5, 5.41) is 8.06. The molecule has 0 radical (unpaired) electrons. The average Bonchev–Trinajstić information content (AvgIpc) is 2.56. The van der Waals surface area contributed by atoms with E-state index in [4.69, 9.17) is 0 Å². The third-order valence-electron chi connectivity index (χ3n) is 2.46. The summed E-state index contributed by atoms with van der Waals surface area (Å²) in [6.45, 7) is 0. The molecule has 2 aromatic rings. The zero-order valence-corrected chi connectivity index (χ0v) is 7.07. The van der Waals surface area contributed by atoms with Crippen LogP contribution >= 0.6 is 0 Å². The maximum absolute atomic E-state index is 4.15. The van der Waals surface area contributed by atoms with E-state index in [2.05, 4.69) is 28.4 Å². The number of nitrogens with zero attached hydrogens (tertiary/aromatic N) is 2. The van der Waals surface area contributed by atoms with Crippen LogP contribution in [-0.2, 0) is 6.42 Å². The van der Waals surface area contributed by atoms with Gasteiger partial charge in [-0.05, 0) is 17.2 Å². The second-order valence-corrected chi connectivity index (χ2v) is 3.24. The molecule has 1 aliphatic carbocycles. The van der Waals surface area contributed by atoms with E-state index >= 15 is 0 Å². The summed E-state index contributed by atoms with van der Waals surface area (Å²) in [4.78, 5) is 0. The van der Waals surface area contributed by atoms with Gasteiger partial charge in [-0.3, -0.25) is 0 Å². The molecule has 0 bridgehead atoms. The zero-order valence-electron chi connectivity index (χ0n) is 7.07. The van der Waals surface area contributed by atoms with Gasteiger partial charge in [-0.15, -0.1) is 0 Å². The maximum Gasteiger partial charge on any atom is 0.0967 e. The minimum Gasteiger partial charge on any atom is -0.159 e. The smallest absolute Gasteiger partial charge is 0.0967 e. The molecule has 0 atom stereocenters. The highest BCUT2D eigenvalue weighted by Gasteiger charge is 2.18. The number of rotatable bonds is 0. The summed E-state index contributed by atoms with van der Waals surface area (Å²) in [6.07, 6.45) is 2.76. The van der Waals surface area contributed by atoms with E-state index in [0.717, 1.165) is 12.1 Å². The molecule has 13 heavy (non-hydrogen) atoms. The lowest BCUT2D eigenvalue weighted by atomic mass is 10.1. The van der Waals surface area contributed by atoms with Gasteiger partial charge in [-0.25, -0.2) is 0 Å². The monoisotopic (exact) mass is 168 g/mol. The third-order valence-corrected chi connectivity index (χ3v) is 2.46. The Morgan fingerprint density at radius 1 is 1.00 bits per heavy atom. The molecule has 0 unspecified atom stereocenters. The molecule has 0 amide bonds. The molecule has 1 heterocycles. The summed E-state index contributed by atoms with van der Waals surface area (Å²) in [5.41, 5.74) is 4.94. The molecule has 1 aromatic carbocycles. The molecular formula is C11H8N2. The van der Waals surface area contributed by atoms with E-state index < -0.39 is 0 Å². The van der Waals surface area contributed by atoms with Gasteiger partial charge in [-0.2, -0.15) is 10.2 Å². The third kappa shape index (κ3) is 0.886. The van der Waals surface area contributed by atoms with Crippen LogP contribution in [0, 0.1) is 0 Å². The van der Waals surface area contributed by atoms with Crippen molar-refractivity contribution in [3.05, 3.63) is 47.7 Å². The second-order valence-electron chi connectivity index (χ2n) is 3.24. The maximum atomic E-state index is 4.15. The highest BCUT2D eigenvalue weighted by molar-refractivity contribution is 5.72. The summed E-state index contributed by atoms with van der Waals surface area (Å²) in [5.74, 6) is 0. The van der Waals surface area contributed by atoms with Gasteiger partial charge < -0.3 is 0 Å². The highest BCUT2D eigenvalue weighted by atomic mass is 15.1. The fraction of sp³-hybridized carbons (Fsp3) is 0.0909. The predicted molar refractivity (Wildman–Crippen MR) is 50.3 cm³/mol. The fourth-order valence-corrected chi connectivity index (χ4v) is 1.84. The van der Waals surface area contributed by atoms with Crippen LogP contribution < -0.4 is 0 Å². The molecule has 2 heteroatoms. The molecule has 1 aliphatic rings. The van der Waals surface area contributed by atoms with Crippen LogP contribution in [0.25, 0.3) is 11.3 Å². The Kier molecular flexibility index (Phi) is 1.25. The van der Waals surface area contributed by atoms with Crippen molar-refractivity contribution >= 4 is 0 Å². The standard InChI is InChI=1S/C11H8N2/c1-2-4-10-8(3-1)7-9-5-6-12-13-11(9)10/h1-6H,7H2. The minimum atomic E-state index is 1.00. The van der Waals surface area contributed by atoms with E-state index in [1.807, 2.05) is 12.1 Å². The Bertz CT molecular complexity index is 420. The SMILES string of the molecule is c1ccc2c(c1)Cc1ccnnc1-2. The van der Waals surface area contributed by atoms with Crippen molar-refractivity contribution in [1.82, 2.24) is 10.2 Å². The van der Waals surface area contributed by atoms with Gasteiger partial charge in [-0.1, -0.05) is 24.3 Å². The quantitative estimate of drug-likeness (QED) is 0.513. The Balaban J connectivity index is 2.32. The number of benzene rings is 1. The molecule has 62 valence electrons. The molecule has 0 saturated carbocycles. The van der Waals surface area contributed by atoms with Crippen LogP contribution in [0.2, 0.25) is 0 Å². The van der Waals surface area contributed by atoms with Crippen molar-refractivity contribution in [2.45, 2.75) is 6.42 Å². The van der Waals surface area contributed by atoms with Crippen molar-refractivity contribution in [2.75, 3.05) is 0 Å². The highest BCUT2D eigenvalue weighted by Crippen LogP contribution is 2.33. The summed E-state index contributed by atoms with van der Waals surface area (Å²) >= 11 is 0. The van der Waals surface area contributed by atoms with E-state index in [1.54, 1.807) is 6.20 Å². The minimum absolute atomic E-state index is 1.00. The van der Waals surface area contributed by atoms with Gasteiger partial charge >= 0.3 is 0 Å². The van der Waals surface area contributed by atoms with E-state index in [1.165, 1.54) is 16.7 Å².